The highest BCUT2D eigenvalue weighted by Crippen LogP contribution is 2.19. The van der Waals surface area contributed by atoms with Crippen molar-refractivity contribution in [3.63, 3.8) is 0 Å². The van der Waals surface area contributed by atoms with E-state index in [0.29, 0.717) is 21.2 Å². The maximum absolute atomic E-state index is 12.4. The van der Waals surface area contributed by atoms with Crippen LogP contribution in [0, 0.1) is 5.92 Å². The smallest absolute Gasteiger partial charge is 0.262 e. The van der Waals surface area contributed by atoms with Crippen LogP contribution in [0.5, 0.6) is 5.75 Å². The third kappa shape index (κ3) is 5.98. The molecule has 0 aliphatic rings. The van der Waals surface area contributed by atoms with Crippen LogP contribution in [0.3, 0.4) is 0 Å². The fourth-order valence-electron chi connectivity index (χ4n) is 2.22. The van der Waals surface area contributed by atoms with Crippen molar-refractivity contribution in [3.05, 3.63) is 63.6 Å². The van der Waals surface area contributed by atoms with Gasteiger partial charge in [0.15, 0.2) is 0 Å². The van der Waals surface area contributed by atoms with Crippen LogP contribution in [0.2, 0.25) is 10.0 Å². The third-order valence-electron chi connectivity index (χ3n) is 3.71. The Labute approximate surface area is 167 Å². The van der Waals surface area contributed by atoms with Crippen LogP contribution in [0.4, 0.5) is 0 Å². The van der Waals surface area contributed by atoms with E-state index in [1.807, 2.05) is 0 Å². The summed E-state index contributed by atoms with van der Waals surface area (Å²) in [5.41, 5.74) is 3.12. The molecule has 6 nitrogen and oxygen atoms in total. The molecule has 1 atom stereocenters. The van der Waals surface area contributed by atoms with Gasteiger partial charge in [0.1, 0.15) is 11.8 Å². The molecule has 0 aliphatic heterocycles. The van der Waals surface area contributed by atoms with Crippen LogP contribution in [0.15, 0.2) is 47.6 Å². The van der Waals surface area contributed by atoms with Gasteiger partial charge in [0, 0.05) is 21.2 Å². The first kappa shape index (κ1) is 20.7. The monoisotopic (exact) mass is 407 g/mol. The molecule has 27 heavy (non-hydrogen) atoms. The summed E-state index contributed by atoms with van der Waals surface area (Å²) in [7, 11) is 0. The number of nitrogens with zero attached hydrogens (tertiary/aromatic N) is 1. The van der Waals surface area contributed by atoms with Crippen LogP contribution in [-0.4, -0.2) is 29.2 Å². The standard InChI is InChI=1S/C19H19Cl2N3O3/c1-11(2)17(23-18(26)12-3-5-14(20)6-4-12)19(27)24-22-10-13-9-15(21)7-8-16(13)25/h3-11,17,25H,1-2H3,(H,23,26)(H,24,27). The molecule has 0 bridgehead atoms. The summed E-state index contributed by atoms with van der Waals surface area (Å²) in [5, 5.41) is 17.2. The lowest BCUT2D eigenvalue weighted by Gasteiger charge is -2.20. The van der Waals surface area contributed by atoms with Crippen LogP contribution in [0.25, 0.3) is 0 Å². The van der Waals surface area contributed by atoms with Crippen molar-refractivity contribution in [1.82, 2.24) is 10.7 Å². The molecule has 0 saturated heterocycles. The number of amides is 2. The van der Waals surface area contributed by atoms with E-state index in [1.165, 1.54) is 24.4 Å². The molecule has 0 radical (unpaired) electrons. The fraction of sp³-hybridized carbons (Fsp3) is 0.211. The predicted octanol–water partition coefficient (Wildman–Crippen LogP) is 3.60. The molecule has 2 aromatic carbocycles. The molecule has 2 aromatic rings. The second-order valence-electron chi connectivity index (χ2n) is 6.14. The van der Waals surface area contributed by atoms with Gasteiger partial charge in [0.25, 0.3) is 11.8 Å². The van der Waals surface area contributed by atoms with E-state index in [1.54, 1.807) is 38.1 Å². The largest absolute Gasteiger partial charge is 0.507 e. The minimum atomic E-state index is -0.793. The summed E-state index contributed by atoms with van der Waals surface area (Å²) < 4.78 is 0. The van der Waals surface area contributed by atoms with Gasteiger partial charge in [-0.1, -0.05) is 37.0 Å². The number of benzene rings is 2. The molecule has 142 valence electrons. The van der Waals surface area contributed by atoms with Crippen LogP contribution >= 0.6 is 23.2 Å². The number of nitrogens with one attached hydrogen (secondary N) is 2. The van der Waals surface area contributed by atoms with E-state index < -0.39 is 17.9 Å². The average molecular weight is 408 g/mol. The SMILES string of the molecule is CC(C)C(NC(=O)c1ccc(Cl)cc1)C(=O)NN=Cc1cc(Cl)ccc1O. The highest BCUT2D eigenvalue weighted by Gasteiger charge is 2.24. The summed E-state index contributed by atoms with van der Waals surface area (Å²) in [5.74, 6) is -1.06. The number of rotatable bonds is 6. The summed E-state index contributed by atoms with van der Waals surface area (Å²) in [6.45, 7) is 3.61. The van der Waals surface area contributed by atoms with Crippen LogP contribution in [0.1, 0.15) is 29.8 Å². The molecule has 0 spiro atoms. The zero-order valence-electron chi connectivity index (χ0n) is 14.7. The minimum Gasteiger partial charge on any atom is -0.507 e. The molecule has 3 N–H and O–H groups in total. The van der Waals surface area contributed by atoms with Crippen LogP contribution < -0.4 is 10.7 Å². The first-order valence-corrected chi connectivity index (χ1v) is 8.91. The molecule has 8 heteroatoms. The Balaban J connectivity index is 2.04. The van der Waals surface area contributed by atoms with E-state index in [9.17, 15) is 14.7 Å². The van der Waals surface area contributed by atoms with Gasteiger partial charge in [-0.15, -0.1) is 0 Å². The molecule has 2 rings (SSSR count). The van der Waals surface area contributed by atoms with Gasteiger partial charge in [-0.25, -0.2) is 5.43 Å². The summed E-state index contributed by atoms with van der Waals surface area (Å²) >= 11 is 11.7. The first-order chi connectivity index (χ1) is 12.8. The van der Waals surface area contributed by atoms with Crippen molar-refractivity contribution in [3.8, 4) is 5.75 Å². The number of hydrazone groups is 1. The summed E-state index contributed by atoms with van der Waals surface area (Å²) in [4.78, 5) is 24.7. The predicted molar refractivity (Wildman–Crippen MR) is 106 cm³/mol. The Hall–Kier alpha value is -2.57. The van der Waals surface area contributed by atoms with Gasteiger partial charge in [-0.2, -0.15) is 5.10 Å². The maximum Gasteiger partial charge on any atom is 0.262 e. The zero-order chi connectivity index (χ0) is 20.0. The van der Waals surface area contributed by atoms with E-state index in [0.717, 1.165) is 0 Å². The molecule has 0 aliphatic carbocycles. The number of halogens is 2. The molecule has 1 unspecified atom stereocenters. The number of phenols is 1. The Morgan fingerprint density at radius 2 is 1.70 bits per heavy atom. The van der Waals surface area contributed by atoms with Gasteiger partial charge in [0.05, 0.1) is 6.21 Å². The van der Waals surface area contributed by atoms with E-state index >= 15 is 0 Å². The highest BCUT2D eigenvalue weighted by atomic mass is 35.5. The van der Waals surface area contributed by atoms with Crippen molar-refractivity contribution in [2.75, 3.05) is 0 Å². The molecule has 0 aromatic heterocycles. The van der Waals surface area contributed by atoms with Gasteiger partial charge < -0.3 is 10.4 Å². The second kappa shape index (κ2) is 9.39. The lowest BCUT2D eigenvalue weighted by molar-refractivity contribution is -0.123. The van der Waals surface area contributed by atoms with Crippen molar-refractivity contribution in [1.29, 1.82) is 0 Å². The molecule has 0 fully saturated rings. The van der Waals surface area contributed by atoms with Gasteiger partial charge in [-0.3, -0.25) is 9.59 Å². The third-order valence-corrected chi connectivity index (χ3v) is 4.20. The Kier molecular flexibility index (Phi) is 7.21. The van der Waals surface area contributed by atoms with Crippen LogP contribution in [-0.2, 0) is 4.79 Å². The molecule has 2 amide bonds. The van der Waals surface area contributed by atoms with E-state index in [2.05, 4.69) is 15.8 Å². The normalized spacial score (nSPS) is 12.2. The van der Waals surface area contributed by atoms with Crippen molar-refractivity contribution < 1.29 is 14.7 Å². The molecular formula is C19H19Cl2N3O3. The number of hydrogen-bond donors (Lipinski definition) is 3. The number of carbonyl (C=O) groups is 2. The first-order valence-electron chi connectivity index (χ1n) is 8.16. The average Bonchev–Trinajstić information content (AvgIpc) is 2.62. The molecule has 0 heterocycles. The molecular weight excluding hydrogens is 389 g/mol. The zero-order valence-corrected chi connectivity index (χ0v) is 16.3. The lowest BCUT2D eigenvalue weighted by Crippen LogP contribution is -2.48. The number of carbonyl (C=O) groups excluding carboxylic acids is 2. The summed E-state index contributed by atoms with van der Waals surface area (Å²) in [6, 6.07) is 10.0. The van der Waals surface area contributed by atoms with E-state index in [4.69, 9.17) is 23.2 Å². The molecule has 0 saturated carbocycles. The fourth-order valence-corrected chi connectivity index (χ4v) is 2.53. The lowest BCUT2D eigenvalue weighted by atomic mass is 10.0. The Bertz CT molecular complexity index is 852. The number of aromatic hydroxyl groups is 1. The maximum atomic E-state index is 12.4. The Morgan fingerprint density at radius 1 is 1.07 bits per heavy atom. The van der Waals surface area contributed by atoms with Crippen molar-refractivity contribution >= 4 is 41.2 Å². The number of phenolic OH excluding ortho intramolecular Hbond substituents is 1. The van der Waals surface area contributed by atoms with Crippen molar-refractivity contribution in [2.45, 2.75) is 19.9 Å². The van der Waals surface area contributed by atoms with Gasteiger partial charge in [0.2, 0.25) is 0 Å². The topological polar surface area (TPSA) is 90.8 Å². The van der Waals surface area contributed by atoms with E-state index in [-0.39, 0.29) is 11.7 Å². The number of hydrogen-bond acceptors (Lipinski definition) is 4. The quantitative estimate of drug-likeness (QED) is 0.504. The van der Waals surface area contributed by atoms with Crippen molar-refractivity contribution in [2.24, 2.45) is 11.0 Å². The summed E-state index contributed by atoms with van der Waals surface area (Å²) in [6.07, 6.45) is 1.28. The highest BCUT2D eigenvalue weighted by molar-refractivity contribution is 6.31. The second-order valence-corrected chi connectivity index (χ2v) is 7.01. The van der Waals surface area contributed by atoms with Gasteiger partial charge in [-0.05, 0) is 48.4 Å². The minimum absolute atomic E-state index is 0.0196. The van der Waals surface area contributed by atoms with Gasteiger partial charge >= 0.3 is 0 Å². The Morgan fingerprint density at radius 3 is 2.33 bits per heavy atom.